The second-order valence-corrected chi connectivity index (χ2v) is 3.92. The third kappa shape index (κ3) is 2.23. The highest BCUT2D eigenvalue weighted by molar-refractivity contribution is 5.74. The van der Waals surface area contributed by atoms with E-state index in [0.717, 1.165) is 0 Å². The fourth-order valence-electron chi connectivity index (χ4n) is 1.81. The number of carboxylic acids is 1. The number of aliphatic hydroxyl groups is 2. The molecule has 0 saturated carbocycles. The summed E-state index contributed by atoms with van der Waals surface area (Å²) in [6, 6.07) is -0.914. The van der Waals surface area contributed by atoms with Gasteiger partial charge in [0.15, 0.2) is 0 Å². The number of nitrogens with zero attached hydrogens (tertiary/aromatic N) is 1. The van der Waals surface area contributed by atoms with E-state index in [9.17, 15) is 15.0 Å². The average Bonchev–Trinajstić information content (AvgIpc) is 2.45. The van der Waals surface area contributed by atoms with E-state index in [2.05, 4.69) is 0 Å². The molecule has 82 valence electrons. The van der Waals surface area contributed by atoms with Crippen LogP contribution in [0.4, 0.5) is 0 Å². The standard InChI is InChI=1S/C9H17NO4/c1-5(6(2)11)10-4-7(12)3-8(10)9(13)14/h5-8,11-12H,3-4H2,1-2H3,(H,13,14). The molecule has 0 amide bonds. The first-order valence-electron chi connectivity index (χ1n) is 4.78. The smallest absolute Gasteiger partial charge is 0.321 e. The van der Waals surface area contributed by atoms with E-state index in [1.807, 2.05) is 0 Å². The lowest BCUT2D eigenvalue weighted by Gasteiger charge is -2.29. The van der Waals surface area contributed by atoms with Gasteiger partial charge in [0.1, 0.15) is 6.04 Å². The van der Waals surface area contributed by atoms with E-state index in [1.165, 1.54) is 0 Å². The molecule has 5 nitrogen and oxygen atoms in total. The quantitative estimate of drug-likeness (QED) is 0.563. The van der Waals surface area contributed by atoms with Crippen LogP contribution in [-0.2, 0) is 4.79 Å². The molecule has 0 aromatic carbocycles. The summed E-state index contributed by atoms with van der Waals surface area (Å²) >= 11 is 0. The number of hydrogen-bond acceptors (Lipinski definition) is 4. The molecule has 4 unspecified atom stereocenters. The Morgan fingerprint density at radius 2 is 2.07 bits per heavy atom. The van der Waals surface area contributed by atoms with E-state index in [1.54, 1.807) is 18.7 Å². The van der Waals surface area contributed by atoms with Crippen LogP contribution in [0, 0.1) is 0 Å². The SMILES string of the molecule is CC(O)C(C)N1CC(O)CC1C(=O)O. The maximum atomic E-state index is 10.9. The van der Waals surface area contributed by atoms with Crippen LogP contribution < -0.4 is 0 Å². The van der Waals surface area contributed by atoms with Crippen LogP contribution in [0.2, 0.25) is 0 Å². The van der Waals surface area contributed by atoms with Crippen molar-refractivity contribution in [1.82, 2.24) is 4.90 Å². The topological polar surface area (TPSA) is 81.0 Å². The van der Waals surface area contributed by atoms with E-state index in [-0.39, 0.29) is 12.5 Å². The summed E-state index contributed by atoms with van der Waals surface area (Å²) in [6.07, 6.45) is -0.953. The molecule has 5 heteroatoms. The Balaban J connectivity index is 2.71. The summed E-state index contributed by atoms with van der Waals surface area (Å²) in [5.74, 6) is -0.936. The van der Waals surface area contributed by atoms with Crippen molar-refractivity contribution in [2.24, 2.45) is 0 Å². The molecule has 14 heavy (non-hydrogen) atoms. The third-order valence-corrected chi connectivity index (χ3v) is 2.82. The van der Waals surface area contributed by atoms with Gasteiger partial charge in [0, 0.05) is 19.0 Å². The molecule has 0 aromatic rings. The highest BCUT2D eigenvalue weighted by Gasteiger charge is 2.39. The molecule has 1 rings (SSSR count). The maximum absolute atomic E-state index is 10.9. The van der Waals surface area contributed by atoms with Gasteiger partial charge in [0.05, 0.1) is 12.2 Å². The van der Waals surface area contributed by atoms with Gasteiger partial charge in [-0.2, -0.15) is 0 Å². The molecule has 1 heterocycles. The highest BCUT2D eigenvalue weighted by atomic mass is 16.4. The molecule has 4 atom stereocenters. The molecule has 3 N–H and O–H groups in total. The molecule has 0 bridgehead atoms. The Labute approximate surface area is 83.0 Å². The molecular formula is C9H17NO4. The number of aliphatic carboxylic acids is 1. The molecule has 0 aromatic heterocycles. The summed E-state index contributed by atoms with van der Waals surface area (Å²) in [5, 5.41) is 27.6. The van der Waals surface area contributed by atoms with Gasteiger partial charge in [0.25, 0.3) is 0 Å². The number of carboxylic acid groups (broad SMARTS) is 1. The van der Waals surface area contributed by atoms with Gasteiger partial charge in [-0.3, -0.25) is 9.69 Å². The van der Waals surface area contributed by atoms with Crippen LogP contribution in [0.5, 0.6) is 0 Å². The van der Waals surface area contributed by atoms with Crippen LogP contribution in [0.3, 0.4) is 0 Å². The number of aliphatic hydroxyl groups excluding tert-OH is 2. The normalized spacial score (nSPS) is 32.9. The second kappa shape index (κ2) is 4.25. The van der Waals surface area contributed by atoms with Crippen molar-refractivity contribution in [2.45, 2.75) is 44.6 Å². The summed E-state index contributed by atoms with van der Waals surface area (Å²) in [4.78, 5) is 12.5. The molecular weight excluding hydrogens is 186 g/mol. The molecule has 1 fully saturated rings. The Hall–Kier alpha value is -0.650. The van der Waals surface area contributed by atoms with Crippen molar-refractivity contribution in [3.63, 3.8) is 0 Å². The molecule has 0 aliphatic carbocycles. The third-order valence-electron chi connectivity index (χ3n) is 2.82. The molecule has 1 saturated heterocycles. The minimum atomic E-state index is -0.936. The van der Waals surface area contributed by atoms with E-state index >= 15 is 0 Å². The lowest BCUT2D eigenvalue weighted by atomic mass is 10.1. The molecule has 0 spiro atoms. The summed E-state index contributed by atoms with van der Waals surface area (Å²) in [6.45, 7) is 3.70. The largest absolute Gasteiger partial charge is 0.480 e. The van der Waals surface area contributed by atoms with Gasteiger partial charge >= 0.3 is 5.97 Å². The number of carbonyl (C=O) groups is 1. The fourth-order valence-corrected chi connectivity index (χ4v) is 1.81. The number of rotatable bonds is 3. The van der Waals surface area contributed by atoms with Crippen LogP contribution in [0.15, 0.2) is 0 Å². The van der Waals surface area contributed by atoms with Crippen molar-refractivity contribution in [2.75, 3.05) is 6.54 Å². The zero-order valence-corrected chi connectivity index (χ0v) is 8.42. The number of likely N-dealkylation sites (tertiary alicyclic amines) is 1. The summed E-state index contributed by atoms with van der Waals surface area (Å²) < 4.78 is 0. The first-order chi connectivity index (χ1) is 6.43. The van der Waals surface area contributed by atoms with Crippen molar-refractivity contribution in [3.8, 4) is 0 Å². The Morgan fingerprint density at radius 3 is 2.50 bits per heavy atom. The highest BCUT2D eigenvalue weighted by Crippen LogP contribution is 2.22. The lowest BCUT2D eigenvalue weighted by Crippen LogP contribution is -2.46. The Bertz CT molecular complexity index is 219. The zero-order valence-electron chi connectivity index (χ0n) is 8.42. The van der Waals surface area contributed by atoms with E-state index in [4.69, 9.17) is 5.11 Å². The average molecular weight is 203 g/mol. The van der Waals surface area contributed by atoms with Crippen LogP contribution >= 0.6 is 0 Å². The van der Waals surface area contributed by atoms with Gasteiger partial charge in [-0.15, -0.1) is 0 Å². The Morgan fingerprint density at radius 1 is 1.50 bits per heavy atom. The molecule has 0 radical (unpaired) electrons. The van der Waals surface area contributed by atoms with Gasteiger partial charge in [-0.1, -0.05) is 0 Å². The maximum Gasteiger partial charge on any atom is 0.321 e. The van der Waals surface area contributed by atoms with Gasteiger partial charge in [-0.25, -0.2) is 0 Å². The predicted octanol–water partition coefficient (Wildman–Crippen LogP) is -0.725. The number of β-amino-alcohol motifs (C(OH)–C–C–N with tert-alkyl or cyclic N) is 1. The van der Waals surface area contributed by atoms with Crippen LogP contribution in [0.1, 0.15) is 20.3 Å². The van der Waals surface area contributed by atoms with Gasteiger partial charge in [0.2, 0.25) is 0 Å². The Kier molecular flexibility index (Phi) is 3.47. The van der Waals surface area contributed by atoms with Crippen molar-refractivity contribution >= 4 is 5.97 Å². The fraction of sp³-hybridized carbons (Fsp3) is 0.889. The van der Waals surface area contributed by atoms with Gasteiger partial charge < -0.3 is 15.3 Å². The summed E-state index contributed by atoms with van der Waals surface area (Å²) in [7, 11) is 0. The van der Waals surface area contributed by atoms with E-state index < -0.39 is 24.2 Å². The van der Waals surface area contributed by atoms with Crippen molar-refractivity contribution in [1.29, 1.82) is 0 Å². The van der Waals surface area contributed by atoms with Crippen molar-refractivity contribution < 1.29 is 20.1 Å². The molecule has 1 aliphatic heterocycles. The van der Waals surface area contributed by atoms with E-state index in [0.29, 0.717) is 6.54 Å². The zero-order chi connectivity index (χ0) is 10.9. The number of hydrogen-bond donors (Lipinski definition) is 3. The minimum Gasteiger partial charge on any atom is -0.480 e. The monoisotopic (exact) mass is 203 g/mol. The van der Waals surface area contributed by atoms with Crippen LogP contribution in [-0.4, -0.2) is 57.0 Å². The van der Waals surface area contributed by atoms with Gasteiger partial charge in [-0.05, 0) is 13.8 Å². The van der Waals surface area contributed by atoms with Crippen molar-refractivity contribution in [3.05, 3.63) is 0 Å². The second-order valence-electron chi connectivity index (χ2n) is 3.92. The molecule has 1 aliphatic rings. The lowest BCUT2D eigenvalue weighted by molar-refractivity contribution is -0.143. The summed E-state index contributed by atoms with van der Waals surface area (Å²) in [5.41, 5.74) is 0. The first kappa shape index (κ1) is 11.4. The first-order valence-corrected chi connectivity index (χ1v) is 4.78. The van der Waals surface area contributed by atoms with Crippen LogP contribution in [0.25, 0.3) is 0 Å². The minimum absolute atomic E-state index is 0.242. The predicted molar refractivity (Wildman–Crippen MR) is 49.9 cm³/mol.